The third-order valence-electron chi connectivity index (χ3n) is 3.54. The molecule has 2 aromatic carbocycles. The summed E-state index contributed by atoms with van der Waals surface area (Å²) in [7, 11) is 1.63. The molecule has 6 nitrogen and oxygen atoms in total. The van der Waals surface area contributed by atoms with E-state index in [1.807, 2.05) is 48.5 Å². The van der Waals surface area contributed by atoms with Gasteiger partial charge in [-0.05, 0) is 48.4 Å². The molecule has 0 bridgehead atoms. The van der Waals surface area contributed by atoms with Crippen LogP contribution >= 0.6 is 11.6 Å². The van der Waals surface area contributed by atoms with Crippen molar-refractivity contribution in [2.24, 2.45) is 0 Å². The third kappa shape index (κ3) is 5.06. The van der Waals surface area contributed by atoms with Crippen molar-refractivity contribution >= 4 is 29.1 Å². The summed E-state index contributed by atoms with van der Waals surface area (Å²) in [4.78, 5) is 4.41. The van der Waals surface area contributed by atoms with Gasteiger partial charge in [-0.25, -0.2) is 0 Å². The van der Waals surface area contributed by atoms with Crippen LogP contribution < -0.4 is 15.4 Å². The minimum absolute atomic E-state index is 0.432. The van der Waals surface area contributed by atoms with E-state index in [1.54, 1.807) is 13.3 Å². The van der Waals surface area contributed by atoms with E-state index in [0.717, 1.165) is 29.4 Å². The van der Waals surface area contributed by atoms with Crippen molar-refractivity contribution in [3.05, 3.63) is 65.3 Å². The molecule has 3 aromatic rings. The Balaban J connectivity index is 1.56. The number of ether oxygens (including phenoxy) is 1. The van der Waals surface area contributed by atoms with Gasteiger partial charge in [-0.3, -0.25) is 0 Å². The predicted molar refractivity (Wildman–Crippen MR) is 99.7 cm³/mol. The minimum atomic E-state index is 0.432. The average molecular weight is 356 g/mol. The second-order valence-corrected chi connectivity index (χ2v) is 5.76. The van der Waals surface area contributed by atoms with E-state index >= 15 is 0 Å². The molecule has 0 atom stereocenters. The summed E-state index contributed by atoms with van der Waals surface area (Å²) in [6.07, 6.45) is 2.46. The van der Waals surface area contributed by atoms with E-state index in [2.05, 4.69) is 25.8 Å². The zero-order valence-electron chi connectivity index (χ0n) is 13.7. The first kappa shape index (κ1) is 17.0. The number of rotatable bonds is 7. The lowest BCUT2D eigenvalue weighted by Crippen LogP contribution is -2.08. The monoisotopic (exact) mass is 355 g/mol. The number of anilines is 3. The van der Waals surface area contributed by atoms with Crippen molar-refractivity contribution in [2.45, 2.75) is 6.42 Å². The summed E-state index contributed by atoms with van der Waals surface area (Å²) in [5.74, 6) is 1.89. The Labute approximate surface area is 151 Å². The summed E-state index contributed by atoms with van der Waals surface area (Å²) in [5.41, 5.74) is 2.07. The Kier molecular flexibility index (Phi) is 5.64. The molecule has 128 valence electrons. The van der Waals surface area contributed by atoms with Gasteiger partial charge in [-0.2, -0.15) is 10.1 Å². The highest BCUT2D eigenvalue weighted by Crippen LogP contribution is 2.18. The van der Waals surface area contributed by atoms with Crippen molar-refractivity contribution in [1.82, 2.24) is 15.2 Å². The van der Waals surface area contributed by atoms with Gasteiger partial charge in [0.25, 0.3) is 0 Å². The quantitative estimate of drug-likeness (QED) is 0.669. The molecule has 0 aliphatic carbocycles. The first-order valence-electron chi connectivity index (χ1n) is 7.82. The summed E-state index contributed by atoms with van der Waals surface area (Å²) >= 11 is 5.89. The van der Waals surface area contributed by atoms with E-state index in [-0.39, 0.29) is 0 Å². The predicted octanol–water partition coefficient (Wildman–Crippen LogP) is 3.93. The van der Waals surface area contributed by atoms with Crippen LogP contribution in [-0.2, 0) is 6.42 Å². The maximum absolute atomic E-state index is 5.89. The van der Waals surface area contributed by atoms with Crippen LogP contribution in [0.2, 0.25) is 5.02 Å². The number of methoxy groups -OCH3 is 1. The number of nitrogens with zero attached hydrogens (tertiary/aromatic N) is 3. The molecule has 0 amide bonds. The zero-order chi connectivity index (χ0) is 17.5. The molecule has 25 heavy (non-hydrogen) atoms. The summed E-state index contributed by atoms with van der Waals surface area (Å²) in [6, 6.07) is 15.3. The first-order valence-corrected chi connectivity index (χ1v) is 8.20. The van der Waals surface area contributed by atoms with Crippen molar-refractivity contribution in [1.29, 1.82) is 0 Å². The lowest BCUT2D eigenvalue weighted by Gasteiger charge is -2.08. The fraction of sp³-hybridized carbons (Fsp3) is 0.167. The number of hydrogen-bond donors (Lipinski definition) is 2. The fourth-order valence-corrected chi connectivity index (χ4v) is 2.36. The van der Waals surface area contributed by atoms with Crippen LogP contribution in [0, 0.1) is 0 Å². The largest absolute Gasteiger partial charge is 0.497 e. The number of hydrogen-bond acceptors (Lipinski definition) is 6. The molecule has 3 rings (SSSR count). The van der Waals surface area contributed by atoms with Crippen LogP contribution in [-0.4, -0.2) is 28.8 Å². The van der Waals surface area contributed by atoms with Crippen molar-refractivity contribution < 1.29 is 4.74 Å². The standard InChI is InChI=1S/C18H18ClN5O/c1-25-16-8-6-15(7-9-16)22-18-23-17(12-21-24-18)20-11-10-13-2-4-14(19)5-3-13/h2-9,12H,10-11H2,1H3,(H2,20,22,23,24). The van der Waals surface area contributed by atoms with E-state index in [1.165, 1.54) is 5.56 Å². The van der Waals surface area contributed by atoms with Crippen LogP contribution in [0.3, 0.4) is 0 Å². The molecule has 0 saturated heterocycles. The molecule has 0 fully saturated rings. The van der Waals surface area contributed by atoms with Crippen LogP contribution in [0.1, 0.15) is 5.56 Å². The van der Waals surface area contributed by atoms with E-state index in [0.29, 0.717) is 11.8 Å². The van der Waals surface area contributed by atoms with Gasteiger partial charge in [0.1, 0.15) is 5.75 Å². The van der Waals surface area contributed by atoms with Gasteiger partial charge >= 0.3 is 0 Å². The number of nitrogens with one attached hydrogen (secondary N) is 2. The number of halogens is 1. The molecule has 1 heterocycles. The van der Waals surface area contributed by atoms with E-state index < -0.39 is 0 Å². The molecule has 0 radical (unpaired) electrons. The first-order chi connectivity index (χ1) is 12.2. The van der Waals surface area contributed by atoms with Gasteiger partial charge in [0.05, 0.1) is 13.3 Å². The highest BCUT2D eigenvalue weighted by Gasteiger charge is 2.02. The van der Waals surface area contributed by atoms with Gasteiger partial charge in [0.2, 0.25) is 5.95 Å². The summed E-state index contributed by atoms with van der Waals surface area (Å²) in [5, 5.41) is 15.1. The van der Waals surface area contributed by atoms with Crippen LogP contribution in [0.5, 0.6) is 5.75 Å². The molecule has 0 aliphatic heterocycles. The van der Waals surface area contributed by atoms with E-state index in [4.69, 9.17) is 16.3 Å². The Morgan fingerprint density at radius 1 is 1.04 bits per heavy atom. The van der Waals surface area contributed by atoms with E-state index in [9.17, 15) is 0 Å². The molecule has 0 unspecified atom stereocenters. The lowest BCUT2D eigenvalue weighted by molar-refractivity contribution is 0.415. The Hall–Kier alpha value is -2.86. The smallest absolute Gasteiger partial charge is 0.249 e. The number of benzene rings is 2. The van der Waals surface area contributed by atoms with Gasteiger partial charge < -0.3 is 15.4 Å². The minimum Gasteiger partial charge on any atom is -0.497 e. The zero-order valence-corrected chi connectivity index (χ0v) is 14.5. The van der Waals surface area contributed by atoms with Crippen LogP contribution in [0.15, 0.2) is 54.7 Å². The molecule has 7 heteroatoms. The van der Waals surface area contributed by atoms with Crippen molar-refractivity contribution in [2.75, 3.05) is 24.3 Å². The van der Waals surface area contributed by atoms with Crippen molar-refractivity contribution in [3.8, 4) is 5.75 Å². The maximum Gasteiger partial charge on any atom is 0.249 e. The molecule has 1 aromatic heterocycles. The van der Waals surface area contributed by atoms with Crippen LogP contribution in [0.25, 0.3) is 0 Å². The SMILES string of the molecule is COc1ccc(Nc2nncc(NCCc3ccc(Cl)cc3)n2)cc1. The Morgan fingerprint density at radius 2 is 1.80 bits per heavy atom. The lowest BCUT2D eigenvalue weighted by atomic mass is 10.1. The molecular weight excluding hydrogens is 338 g/mol. The highest BCUT2D eigenvalue weighted by atomic mass is 35.5. The van der Waals surface area contributed by atoms with Gasteiger partial charge in [-0.15, -0.1) is 5.10 Å². The third-order valence-corrected chi connectivity index (χ3v) is 3.79. The fourth-order valence-electron chi connectivity index (χ4n) is 2.23. The van der Waals surface area contributed by atoms with Crippen LogP contribution in [0.4, 0.5) is 17.5 Å². The van der Waals surface area contributed by atoms with Gasteiger partial charge in [0.15, 0.2) is 5.82 Å². The number of aromatic nitrogens is 3. The maximum atomic E-state index is 5.89. The topological polar surface area (TPSA) is 72.0 Å². The van der Waals surface area contributed by atoms with Crippen molar-refractivity contribution in [3.63, 3.8) is 0 Å². The Morgan fingerprint density at radius 3 is 2.52 bits per heavy atom. The van der Waals surface area contributed by atoms with Gasteiger partial charge in [0, 0.05) is 17.3 Å². The average Bonchev–Trinajstić information content (AvgIpc) is 2.64. The van der Waals surface area contributed by atoms with Gasteiger partial charge in [-0.1, -0.05) is 23.7 Å². The molecule has 0 spiro atoms. The second kappa shape index (κ2) is 8.30. The molecular formula is C18H18ClN5O. The second-order valence-electron chi connectivity index (χ2n) is 5.32. The normalized spacial score (nSPS) is 10.3. The Bertz CT molecular complexity index is 808. The summed E-state index contributed by atoms with van der Waals surface area (Å²) in [6.45, 7) is 0.738. The highest BCUT2D eigenvalue weighted by molar-refractivity contribution is 6.30. The molecule has 0 aliphatic rings. The summed E-state index contributed by atoms with van der Waals surface area (Å²) < 4.78 is 5.14. The molecule has 2 N–H and O–H groups in total. The molecule has 0 saturated carbocycles.